The molecule has 3 heteroatoms. The molecule has 2 rings (SSSR count). The van der Waals surface area contributed by atoms with Crippen LogP contribution in [0.5, 0.6) is 0 Å². The van der Waals surface area contributed by atoms with Crippen molar-refractivity contribution in [2.45, 2.75) is 39.0 Å². The standard InChI is InChI=1S/C18H22ClNO/c1-2-3-18(16-8-10-17(19)11-9-16)20-12-14-4-6-15(13-21)7-5-14/h4-11,18,20-21H,2-3,12-13H2,1H3. The van der Waals surface area contributed by atoms with Gasteiger partial charge in [-0.1, -0.05) is 61.3 Å². The minimum atomic E-state index is 0.0942. The average Bonchev–Trinajstić information content (AvgIpc) is 2.53. The second-order valence-electron chi connectivity index (χ2n) is 5.25. The maximum absolute atomic E-state index is 9.06. The number of hydrogen-bond acceptors (Lipinski definition) is 2. The third kappa shape index (κ3) is 4.85. The second kappa shape index (κ2) is 8.18. The Balaban J connectivity index is 2.00. The van der Waals surface area contributed by atoms with Crippen molar-refractivity contribution in [1.29, 1.82) is 0 Å². The Bertz CT molecular complexity index is 536. The molecule has 2 aromatic rings. The highest BCUT2D eigenvalue weighted by atomic mass is 35.5. The van der Waals surface area contributed by atoms with Crippen LogP contribution in [0.2, 0.25) is 5.02 Å². The molecule has 0 bridgehead atoms. The van der Waals surface area contributed by atoms with Crippen LogP contribution in [0.4, 0.5) is 0 Å². The van der Waals surface area contributed by atoms with Gasteiger partial charge in [-0.25, -0.2) is 0 Å². The van der Waals surface area contributed by atoms with Crippen molar-refractivity contribution in [2.24, 2.45) is 0 Å². The predicted molar refractivity (Wildman–Crippen MR) is 88.3 cm³/mol. The molecule has 2 aromatic carbocycles. The molecule has 0 aliphatic rings. The molecule has 0 fully saturated rings. The fraction of sp³-hybridized carbons (Fsp3) is 0.333. The van der Waals surface area contributed by atoms with E-state index in [1.165, 1.54) is 11.1 Å². The fourth-order valence-electron chi connectivity index (χ4n) is 2.37. The number of halogens is 1. The quantitative estimate of drug-likeness (QED) is 0.791. The Hall–Kier alpha value is -1.35. The van der Waals surface area contributed by atoms with E-state index in [-0.39, 0.29) is 6.61 Å². The molecule has 0 amide bonds. The molecule has 0 aromatic heterocycles. The van der Waals surface area contributed by atoms with Crippen molar-refractivity contribution in [2.75, 3.05) is 0 Å². The van der Waals surface area contributed by atoms with Crippen LogP contribution in [0.1, 0.15) is 42.5 Å². The molecular weight excluding hydrogens is 282 g/mol. The van der Waals surface area contributed by atoms with Crippen LogP contribution in [-0.4, -0.2) is 5.11 Å². The van der Waals surface area contributed by atoms with Gasteiger partial charge in [0.1, 0.15) is 0 Å². The predicted octanol–water partition coefficient (Wildman–Crippen LogP) is 4.46. The smallest absolute Gasteiger partial charge is 0.0681 e. The molecular formula is C18H22ClNO. The number of nitrogens with one attached hydrogen (secondary N) is 1. The number of benzene rings is 2. The zero-order valence-electron chi connectivity index (χ0n) is 12.3. The summed E-state index contributed by atoms with van der Waals surface area (Å²) in [5.74, 6) is 0. The van der Waals surface area contributed by atoms with Gasteiger partial charge in [-0.3, -0.25) is 0 Å². The minimum Gasteiger partial charge on any atom is -0.392 e. The molecule has 0 aliphatic carbocycles. The Morgan fingerprint density at radius 3 is 2.19 bits per heavy atom. The molecule has 1 atom stereocenters. The Morgan fingerprint density at radius 2 is 1.62 bits per heavy atom. The van der Waals surface area contributed by atoms with Crippen molar-refractivity contribution in [1.82, 2.24) is 5.32 Å². The van der Waals surface area contributed by atoms with Crippen molar-refractivity contribution < 1.29 is 5.11 Å². The number of rotatable bonds is 7. The fourth-order valence-corrected chi connectivity index (χ4v) is 2.50. The molecule has 112 valence electrons. The largest absolute Gasteiger partial charge is 0.392 e. The summed E-state index contributed by atoms with van der Waals surface area (Å²) in [6, 6.07) is 16.4. The van der Waals surface area contributed by atoms with Crippen molar-refractivity contribution in [3.05, 3.63) is 70.2 Å². The van der Waals surface area contributed by atoms with E-state index in [0.717, 1.165) is 30.0 Å². The number of aliphatic hydroxyl groups is 1. The molecule has 1 unspecified atom stereocenters. The summed E-state index contributed by atoms with van der Waals surface area (Å²) in [5.41, 5.74) is 3.44. The van der Waals surface area contributed by atoms with Crippen molar-refractivity contribution >= 4 is 11.6 Å². The number of aliphatic hydroxyl groups excluding tert-OH is 1. The first-order valence-corrected chi connectivity index (χ1v) is 7.78. The van der Waals surface area contributed by atoms with E-state index in [1.807, 2.05) is 24.3 Å². The zero-order valence-corrected chi connectivity index (χ0v) is 13.1. The van der Waals surface area contributed by atoms with E-state index in [2.05, 4.69) is 36.5 Å². The van der Waals surface area contributed by atoms with Gasteiger partial charge in [-0.15, -0.1) is 0 Å². The maximum Gasteiger partial charge on any atom is 0.0681 e. The van der Waals surface area contributed by atoms with E-state index >= 15 is 0 Å². The molecule has 0 aliphatic heterocycles. The van der Waals surface area contributed by atoms with Crippen LogP contribution < -0.4 is 5.32 Å². The third-order valence-corrected chi connectivity index (χ3v) is 3.86. The van der Waals surface area contributed by atoms with Crippen molar-refractivity contribution in [3.8, 4) is 0 Å². The zero-order chi connectivity index (χ0) is 15.1. The van der Waals surface area contributed by atoms with E-state index < -0.39 is 0 Å². The molecule has 0 saturated heterocycles. The summed E-state index contributed by atoms with van der Waals surface area (Å²) in [4.78, 5) is 0. The Kier molecular flexibility index (Phi) is 6.24. The molecule has 0 heterocycles. The normalized spacial score (nSPS) is 12.3. The summed E-state index contributed by atoms with van der Waals surface area (Å²) >= 11 is 5.95. The molecule has 0 radical (unpaired) electrons. The minimum absolute atomic E-state index is 0.0942. The van der Waals surface area contributed by atoms with E-state index in [0.29, 0.717) is 6.04 Å². The molecule has 2 nitrogen and oxygen atoms in total. The topological polar surface area (TPSA) is 32.3 Å². The van der Waals surface area contributed by atoms with E-state index in [4.69, 9.17) is 16.7 Å². The van der Waals surface area contributed by atoms with Crippen LogP contribution in [-0.2, 0) is 13.2 Å². The summed E-state index contributed by atoms with van der Waals surface area (Å²) < 4.78 is 0. The van der Waals surface area contributed by atoms with Gasteiger partial charge in [0.25, 0.3) is 0 Å². The molecule has 0 spiro atoms. The molecule has 21 heavy (non-hydrogen) atoms. The van der Waals surface area contributed by atoms with Crippen LogP contribution in [0.3, 0.4) is 0 Å². The lowest BCUT2D eigenvalue weighted by molar-refractivity contribution is 0.282. The van der Waals surface area contributed by atoms with Crippen LogP contribution in [0.15, 0.2) is 48.5 Å². The lowest BCUT2D eigenvalue weighted by Crippen LogP contribution is -2.20. The van der Waals surface area contributed by atoms with Gasteiger partial charge in [0.05, 0.1) is 6.61 Å². The van der Waals surface area contributed by atoms with Gasteiger partial charge in [0.15, 0.2) is 0 Å². The third-order valence-electron chi connectivity index (χ3n) is 3.61. The lowest BCUT2D eigenvalue weighted by Gasteiger charge is -2.19. The van der Waals surface area contributed by atoms with Gasteiger partial charge < -0.3 is 10.4 Å². The van der Waals surface area contributed by atoms with Crippen LogP contribution in [0, 0.1) is 0 Å². The van der Waals surface area contributed by atoms with E-state index in [1.54, 1.807) is 0 Å². The van der Waals surface area contributed by atoms with Gasteiger partial charge in [-0.05, 0) is 35.2 Å². The second-order valence-corrected chi connectivity index (χ2v) is 5.68. The SMILES string of the molecule is CCCC(NCc1ccc(CO)cc1)c1ccc(Cl)cc1. The first-order chi connectivity index (χ1) is 10.2. The highest BCUT2D eigenvalue weighted by Gasteiger charge is 2.09. The van der Waals surface area contributed by atoms with Gasteiger partial charge in [0.2, 0.25) is 0 Å². The number of hydrogen-bond donors (Lipinski definition) is 2. The monoisotopic (exact) mass is 303 g/mol. The van der Waals surface area contributed by atoms with E-state index in [9.17, 15) is 0 Å². The highest BCUT2D eigenvalue weighted by molar-refractivity contribution is 6.30. The van der Waals surface area contributed by atoms with Crippen LogP contribution in [0.25, 0.3) is 0 Å². The highest BCUT2D eigenvalue weighted by Crippen LogP contribution is 2.21. The van der Waals surface area contributed by atoms with Gasteiger partial charge in [-0.2, -0.15) is 0 Å². The van der Waals surface area contributed by atoms with Crippen LogP contribution >= 0.6 is 11.6 Å². The first-order valence-electron chi connectivity index (χ1n) is 7.40. The molecule has 2 N–H and O–H groups in total. The lowest BCUT2D eigenvalue weighted by atomic mass is 10.0. The Labute approximate surface area is 131 Å². The van der Waals surface area contributed by atoms with Gasteiger partial charge >= 0.3 is 0 Å². The summed E-state index contributed by atoms with van der Waals surface area (Å²) in [7, 11) is 0. The maximum atomic E-state index is 9.06. The van der Waals surface area contributed by atoms with Gasteiger partial charge in [0, 0.05) is 17.6 Å². The summed E-state index contributed by atoms with van der Waals surface area (Å²) in [6.45, 7) is 3.11. The average molecular weight is 304 g/mol. The Morgan fingerprint density at radius 1 is 1.00 bits per heavy atom. The first kappa shape index (κ1) is 16.0. The van der Waals surface area contributed by atoms with Crippen molar-refractivity contribution in [3.63, 3.8) is 0 Å². The molecule has 0 saturated carbocycles. The summed E-state index contributed by atoms with van der Waals surface area (Å²) in [6.07, 6.45) is 2.22. The summed E-state index contributed by atoms with van der Waals surface area (Å²) in [5, 5.41) is 13.4.